The minimum atomic E-state index is -1.21. The molecule has 0 radical (unpaired) electrons. The molecule has 1 saturated carbocycles. The van der Waals surface area contributed by atoms with E-state index in [-0.39, 0.29) is 30.7 Å². The number of carbonyl (C=O) groups excluding carboxylic acids is 2. The Morgan fingerprint density at radius 3 is 2.53 bits per heavy atom. The summed E-state index contributed by atoms with van der Waals surface area (Å²) in [4.78, 5) is 28.7. The Morgan fingerprint density at radius 1 is 1.28 bits per heavy atom. The summed E-state index contributed by atoms with van der Waals surface area (Å²) in [7, 11) is 0. The Bertz CT molecular complexity index is 856. The normalized spacial score (nSPS) is 28.5. The van der Waals surface area contributed by atoms with Crippen molar-refractivity contribution in [3.63, 3.8) is 0 Å². The number of aliphatic hydroxyl groups is 1. The number of nitrogens with two attached hydrogens (primary N) is 1. The number of aromatic hydroxyl groups is 1. The van der Waals surface area contributed by atoms with Crippen LogP contribution in [0.25, 0.3) is 0 Å². The summed E-state index contributed by atoms with van der Waals surface area (Å²) in [6.07, 6.45) is 4.25. The molecule has 7 heteroatoms. The Balaban J connectivity index is 2.14. The molecule has 3 rings (SSSR count). The highest BCUT2D eigenvalue weighted by molar-refractivity contribution is 5.94. The van der Waals surface area contributed by atoms with Gasteiger partial charge >= 0.3 is 6.03 Å². The van der Waals surface area contributed by atoms with Crippen LogP contribution in [-0.2, 0) is 10.2 Å². The number of hydrogen-bond donors (Lipinski definition) is 3. The summed E-state index contributed by atoms with van der Waals surface area (Å²) in [6, 6.07) is 4.19. The summed E-state index contributed by atoms with van der Waals surface area (Å²) in [5.41, 5.74) is 5.02. The molecule has 1 aliphatic heterocycles. The van der Waals surface area contributed by atoms with Gasteiger partial charge in [-0.25, -0.2) is 4.79 Å². The van der Waals surface area contributed by atoms with E-state index in [0.29, 0.717) is 18.8 Å². The van der Waals surface area contributed by atoms with E-state index in [1.54, 1.807) is 19.1 Å². The van der Waals surface area contributed by atoms with Crippen molar-refractivity contribution in [3.8, 4) is 5.75 Å². The van der Waals surface area contributed by atoms with Crippen molar-refractivity contribution in [1.29, 1.82) is 0 Å². The molecular weight excluding hydrogens is 406 g/mol. The van der Waals surface area contributed by atoms with E-state index >= 15 is 0 Å². The lowest BCUT2D eigenvalue weighted by molar-refractivity contribution is -0.155. The van der Waals surface area contributed by atoms with Crippen molar-refractivity contribution < 1.29 is 19.8 Å². The van der Waals surface area contributed by atoms with Gasteiger partial charge in [0.25, 0.3) is 0 Å². The lowest BCUT2D eigenvalue weighted by Crippen LogP contribution is -2.69. The van der Waals surface area contributed by atoms with Crippen LogP contribution in [0, 0.1) is 12.8 Å². The standard InChI is InChI=1S/C25H39N3O4/c1-5-11-25(32)18(4)27(16-19-8-9-19)13-12-24(25,15-22(30)28(6-2)23(26)31)21-14-20(29)10-7-17(21)3/h7,10,14,18-19,29,32H,5-6,8-9,11-13,15-16H2,1-4H3,(H2,26,31). The highest BCUT2D eigenvalue weighted by Crippen LogP contribution is 2.52. The number of phenolic OH excluding ortho intramolecular Hbond substituents is 1. The molecule has 0 aromatic heterocycles. The molecule has 1 aliphatic carbocycles. The van der Waals surface area contributed by atoms with Crippen LogP contribution in [-0.4, -0.2) is 63.2 Å². The number of amides is 3. The molecule has 178 valence electrons. The molecule has 1 heterocycles. The van der Waals surface area contributed by atoms with Crippen LogP contribution < -0.4 is 5.73 Å². The van der Waals surface area contributed by atoms with Crippen molar-refractivity contribution in [2.45, 2.75) is 83.3 Å². The van der Waals surface area contributed by atoms with Crippen LogP contribution in [0.3, 0.4) is 0 Å². The van der Waals surface area contributed by atoms with Gasteiger partial charge in [-0.2, -0.15) is 0 Å². The highest BCUT2D eigenvalue weighted by atomic mass is 16.3. The maximum Gasteiger partial charge on any atom is 0.321 e. The second kappa shape index (κ2) is 9.40. The SMILES string of the molecule is CCCC1(O)C(C)N(CC2CC2)CCC1(CC(=O)N(CC)C(N)=O)c1cc(O)ccc1C. The zero-order valence-electron chi connectivity index (χ0n) is 19.9. The van der Waals surface area contributed by atoms with Gasteiger partial charge in [0.05, 0.1) is 5.60 Å². The number of urea groups is 1. The fourth-order valence-electron chi connectivity index (χ4n) is 5.80. The van der Waals surface area contributed by atoms with Gasteiger partial charge in [0, 0.05) is 31.0 Å². The van der Waals surface area contributed by atoms with Crippen molar-refractivity contribution >= 4 is 11.9 Å². The molecule has 3 atom stereocenters. The Hall–Kier alpha value is -2.12. The number of primary amides is 1. The molecule has 1 saturated heterocycles. The van der Waals surface area contributed by atoms with Gasteiger partial charge < -0.3 is 15.9 Å². The molecule has 1 aromatic rings. The number of likely N-dealkylation sites (tertiary alicyclic amines) is 1. The number of carbonyl (C=O) groups is 2. The van der Waals surface area contributed by atoms with Gasteiger partial charge in [0.2, 0.25) is 5.91 Å². The first-order valence-corrected chi connectivity index (χ1v) is 12.0. The number of aryl methyl sites for hydroxylation is 1. The van der Waals surface area contributed by atoms with E-state index in [1.807, 2.05) is 19.9 Å². The Morgan fingerprint density at radius 2 is 1.97 bits per heavy atom. The highest BCUT2D eigenvalue weighted by Gasteiger charge is 2.59. The van der Waals surface area contributed by atoms with E-state index < -0.39 is 17.0 Å². The molecule has 0 spiro atoms. The smallest absolute Gasteiger partial charge is 0.321 e. The van der Waals surface area contributed by atoms with Gasteiger partial charge in [0.1, 0.15) is 5.75 Å². The maximum atomic E-state index is 13.4. The first kappa shape index (κ1) is 24.5. The van der Waals surface area contributed by atoms with Crippen LogP contribution in [0.1, 0.15) is 70.4 Å². The first-order valence-electron chi connectivity index (χ1n) is 12.0. The van der Waals surface area contributed by atoms with E-state index in [1.165, 1.54) is 12.8 Å². The van der Waals surface area contributed by atoms with Crippen molar-refractivity contribution in [3.05, 3.63) is 29.3 Å². The van der Waals surface area contributed by atoms with E-state index in [2.05, 4.69) is 11.8 Å². The number of piperidine rings is 1. The van der Waals surface area contributed by atoms with Crippen LogP contribution in [0.15, 0.2) is 18.2 Å². The van der Waals surface area contributed by atoms with Gasteiger partial charge in [-0.05, 0) is 82.2 Å². The molecule has 1 aromatic carbocycles. The number of imide groups is 1. The van der Waals surface area contributed by atoms with E-state index in [9.17, 15) is 19.8 Å². The second-order valence-electron chi connectivity index (χ2n) is 9.77. The molecule has 0 bridgehead atoms. The zero-order valence-corrected chi connectivity index (χ0v) is 19.9. The summed E-state index contributed by atoms with van der Waals surface area (Å²) in [6.45, 7) is 9.63. The van der Waals surface area contributed by atoms with Gasteiger partial charge in [-0.1, -0.05) is 19.4 Å². The summed E-state index contributed by atoms with van der Waals surface area (Å²) >= 11 is 0. The molecule has 32 heavy (non-hydrogen) atoms. The fraction of sp³-hybridized carbons (Fsp3) is 0.680. The number of nitrogens with zero attached hydrogens (tertiary/aromatic N) is 2. The third-order valence-corrected chi connectivity index (χ3v) is 7.79. The Kier molecular flexibility index (Phi) is 7.20. The van der Waals surface area contributed by atoms with Crippen LogP contribution in [0.5, 0.6) is 5.75 Å². The third kappa shape index (κ3) is 4.37. The van der Waals surface area contributed by atoms with Crippen molar-refractivity contribution in [2.75, 3.05) is 19.6 Å². The lowest BCUT2D eigenvalue weighted by Gasteiger charge is -2.58. The fourth-order valence-corrected chi connectivity index (χ4v) is 5.80. The number of phenols is 1. The van der Waals surface area contributed by atoms with Crippen molar-refractivity contribution in [2.24, 2.45) is 11.7 Å². The van der Waals surface area contributed by atoms with Gasteiger partial charge in [0.15, 0.2) is 0 Å². The van der Waals surface area contributed by atoms with Gasteiger partial charge in [-0.3, -0.25) is 14.6 Å². The van der Waals surface area contributed by atoms with Gasteiger partial charge in [-0.15, -0.1) is 0 Å². The predicted molar refractivity (Wildman–Crippen MR) is 124 cm³/mol. The van der Waals surface area contributed by atoms with E-state index in [4.69, 9.17) is 5.73 Å². The summed E-state index contributed by atoms with van der Waals surface area (Å²) in [5.74, 6) is 0.400. The zero-order chi connectivity index (χ0) is 23.7. The quantitative estimate of drug-likeness (QED) is 0.569. The number of benzene rings is 1. The average Bonchev–Trinajstić information content (AvgIpc) is 3.54. The first-order chi connectivity index (χ1) is 15.1. The van der Waals surface area contributed by atoms with Crippen LogP contribution >= 0.6 is 0 Å². The monoisotopic (exact) mass is 445 g/mol. The molecular formula is C25H39N3O4. The third-order valence-electron chi connectivity index (χ3n) is 7.79. The van der Waals surface area contributed by atoms with Crippen LogP contribution in [0.4, 0.5) is 4.79 Å². The molecule has 3 unspecified atom stereocenters. The van der Waals surface area contributed by atoms with Crippen LogP contribution in [0.2, 0.25) is 0 Å². The minimum Gasteiger partial charge on any atom is -0.508 e. The lowest BCUT2D eigenvalue weighted by atomic mass is 9.56. The largest absolute Gasteiger partial charge is 0.508 e. The van der Waals surface area contributed by atoms with E-state index in [0.717, 1.165) is 35.5 Å². The predicted octanol–water partition coefficient (Wildman–Crippen LogP) is 3.29. The minimum absolute atomic E-state index is 0.0355. The molecule has 3 amide bonds. The molecule has 2 aliphatic rings. The number of hydrogen-bond acceptors (Lipinski definition) is 5. The molecule has 7 nitrogen and oxygen atoms in total. The van der Waals surface area contributed by atoms with Crippen molar-refractivity contribution in [1.82, 2.24) is 9.80 Å². The maximum absolute atomic E-state index is 13.4. The number of rotatable bonds is 8. The topological polar surface area (TPSA) is 107 Å². The average molecular weight is 446 g/mol. The molecule has 4 N–H and O–H groups in total. The summed E-state index contributed by atoms with van der Waals surface area (Å²) in [5, 5.41) is 22.8. The Labute approximate surface area is 191 Å². The summed E-state index contributed by atoms with van der Waals surface area (Å²) < 4.78 is 0. The second-order valence-corrected chi connectivity index (χ2v) is 9.77. The molecule has 2 fully saturated rings.